The number of hydrogen-bond donors (Lipinski definition) is 2. The van der Waals surface area contributed by atoms with E-state index in [9.17, 15) is 10.2 Å². The van der Waals surface area contributed by atoms with Gasteiger partial charge in [-0.1, -0.05) is 97.1 Å². The lowest BCUT2D eigenvalue weighted by atomic mass is 10.3. The lowest BCUT2D eigenvalue weighted by Crippen LogP contribution is -2.37. The van der Waals surface area contributed by atoms with Gasteiger partial charge in [0.25, 0.3) is 0 Å². The maximum absolute atomic E-state index is 11.0. The summed E-state index contributed by atoms with van der Waals surface area (Å²) in [7, 11) is -8.55. The third-order valence-electron chi connectivity index (χ3n) is 6.73. The molecule has 0 aliphatic carbocycles. The van der Waals surface area contributed by atoms with Gasteiger partial charge in [-0.2, -0.15) is 0 Å². The van der Waals surface area contributed by atoms with Gasteiger partial charge in [-0.05, 0) is 72.8 Å². The third-order valence-corrected chi connectivity index (χ3v) is 13.6. The Bertz CT molecular complexity index is 2010. The van der Waals surface area contributed by atoms with Gasteiger partial charge in [-0.3, -0.25) is 0 Å². The first-order valence-electron chi connectivity index (χ1n) is 15.3. The predicted octanol–water partition coefficient (Wildman–Crippen LogP) is 10.7. The maximum Gasteiger partial charge on any atom is 0.447 e. The first kappa shape index (κ1) is 33.2. The number of phenolic OH excluding ortho intramolecular Hbond substituents is 2. The summed E-state index contributed by atoms with van der Waals surface area (Å²) in [6, 6.07) is 49.3. The van der Waals surface area contributed by atoms with Crippen LogP contribution in [-0.4, -0.2) is 19.4 Å². The number of rotatable bonds is 12. The molecule has 0 aromatic heterocycles. The average Bonchev–Trinajstić information content (AvgIpc) is 3.14. The normalized spacial score (nSPS) is 17.1. The Balaban J connectivity index is 1.49. The lowest BCUT2D eigenvalue weighted by molar-refractivity contribution is 0.0525. The van der Waals surface area contributed by atoms with Crippen LogP contribution >= 0.6 is 24.6 Å². The zero-order valence-corrected chi connectivity index (χ0v) is 28.9. The number of benzene rings is 6. The van der Waals surface area contributed by atoms with Crippen molar-refractivity contribution in [1.29, 1.82) is 0 Å². The number of para-hydroxylation sites is 8. The van der Waals surface area contributed by atoms with E-state index in [-0.39, 0.29) is 23.0 Å². The molecule has 50 heavy (non-hydrogen) atoms. The molecule has 0 radical (unpaired) electrons. The van der Waals surface area contributed by atoms with Crippen LogP contribution in [0.2, 0.25) is 0 Å². The van der Waals surface area contributed by atoms with E-state index in [2.05, 4.69) is 0 Å². The van der Waals surface area contributed by atoms with Crippen LogP contribution in [0.4, 0.5) is 0 Å². The van der Waals surface area contributed by atoms with Gasteiger partial charge in [-0.25, -0.2) is 0 Å². The molecule has 0 saturated heterocycles. The molecule has 6 aromatic carbocycles. The molecule has 1 aliphatic heterocycles. The van der Waals surface area contributed by atoms with Crippen molar-refractivity contribution in [1.82, 2.24) is 9.21 Å². The first-order chi connectivity index (χ1) is 24.6. The molecule has 0 spiro atoms. The molecular weight excluding hydrogens is 695 g/mol. The highest BCUT2D eigenvalue weighted by atomic mass is 31.3. The topological polar surface area (TPSA) is 115 Å². The Morgan fingerprint density at radius 2 is 0.900 bits per heavy atom. The average molecular weight is 726 g/mol. The van der Waals surface area contributed by atoms with E-state index in [0.29, 0.717) is 23.0 Å². The number of nitrogens with zero attached hydrogens (tertiary/aromatic N) is 3. The van der Waals surface area contributed by atoms with E-state index >= 15 is 0 Å². The number of aromatic hydroxyl groups is 2. The number of phenols is 2. The Morgan fingerprint density at radius 3 is 1.42 bits per heavy atom. The summed E-state index contributed by atoms with van der Waals surface area (Å²) in [5.41, 5.74) is 0. The SMILES string of the molecule is Oc1ccccc1ON1P(Oc2ccccc2O)N(Oc2ccccc2)P(Oc2ccccc2)N=P1(Oc1ccccc1)Oc1ccccc1. The van der Waals surface area contributed by atoms with Crippen LogP contribution in [0.1, 0.15) is 0 Å². The van der Waals surface area contributed by atoms with E-state index < -0.39 is 24.6 Å². The second kappa shape index (κ2) is 15.5. The van der Waals surface area contributed by atoms with Gasteiger partial charge in [-0.15, -0.1) is 4.52 Å². The fourth-order valence-electron chi connectivity index (χ4n) is 4.43. The van der Waals surface area contributed by atoms with Crippen LogP contribution in [0.3, 0.4) is 0 Å². The Kier molecular flexibility index (Phi) is 10.3. The molecule has 0 bridgehead atoms. The fraction of sp³-hybridized carbons (Fsp3) is 0. The smallest absolute Gasteiger partial charge is 0.447 e. The van der Waals surface area contributed by atoms with E-state index in [1.165, 1.54) is 21.3 Å². The molecule has 252 valence electrons. The standard InChI is InChI=1S/C36H30N3O8P3/c40-33-25-13-15-27-35(33)43-39-49(45-36-28-16-14-26-34(36)41)38(42-29-17-5-1-6-18-29)48(44-30-19-7-2-8-20-30)37-50(39,46-31-21-9-3-10-22-31)47-32-23-11-4-12-24-32/h1-28,40-41H. The minimum Gasteiger partial charge on any atom is -0.504 e. The molecule has 6 aromatic rings. The molecule has 2 atom stereocenters. The van der Waals surface area contributed by atoms with Crippen LogP contribution in [0.25, 0.3) is 0 Å². The second-order valence-corrected chi connectivity index (χ2v) is 15.8. The Labute approximate surface area is 291 Å². The highest BCUT2D eigenvalue weighted by Crippen LogP contribution is 2.78. The molecule has 1 aliphatic rings. The summed E-state index contributed by atoms with van der Waals surface area (Å²) < 4.78 is 34.9. The number of hydrogen-bond acceptors (Lipinski definition) is 11. The van der Waals surface area contributed by atoms with Crippen molar-refractivity contribution in [2.45, 2.75) is 0 Å². The van der Waals surface area contributed by atoms with Gasteiger partial charge in [0.2, 0.25) is 0 Å². The zero-order chi connectivity index (χ0) is 34.2. The minimum atomic E-state index is -3.94. The van der Waals surface area contributed by atoms with E-state index in [1.54, 1.807) is 84.9 Å². The van der Waals surface area contributed by atoms with Gasteiger partial charge in [0.1, 0.15) is 23.0 Å². The summed E-state index contributed by atoms with van der Waals surface area (Å²) in [6.45, 7) is 0. The molecule has 2 unspecified atom stereocenters. The van der Waals surface area contributed by atoms with Crippen LogP contribution < -0.4 is 27.8 Å². The van der Waals surface area contributed by atoms with Crippen LogP contribution in [0, 0.1) is 0 Å². The molecule has 1 heterocycles. The molecule has 0 saturated carbocycles. The maximum atomic E-state index is 11.0. The zero-order valence-electron chi connectivity index (χ0n) is 26.2. The van der Waals surface area contributed by atoms with Crippen molar-refractivity contribution in [3.05, 3.63) is 170 Å². The Hall–Kier alpha value is -5.27. The van der Waals surface area contributed by atoms with Gasteiger partial charge in [0.05, 0.1) is 0 Å². The highest BCUT2D eigenvalue weighted by molar-refractivity contribution is 7.78. The molecule has 14 heteroatoms. The first-order valence-corrected chi connectivity index (χ1v) is 19.1. The molecule has 7 rings (SSSR count). The molecule has 11 nitrogen and oxygen atoms in total. The molecule has 0 fully saturated rings. The van der Waals surface area contributed by atoms with Crippen molar-refractivity contribution < 1.29 is 38.0 Å². The van der Waals surface area contributed by atoms with E-state index in [1.807, 2.05) is 72.8 Å². The summed E-state index contributed by atoms with van der Waals surface area (Å²) in [5, 5.41) is 21.9. The lowest BCUT2D eigenvalue weighted by Gasteiger charge is -2.43. The quantitative estimate of drug-likeness (QED) is 0.118. The van der Waals surface area contributed by atoms with Crippen molar-refractivity contribution in [2.75, 3.05) is 0 Å². The largest absolute Gasteiger partial charge is 0.504 e. The monoisotopic (exact) mass is 725 g/mol. The van der Waals surface area contributed by atoms with E-state index in [0.717, 1.165) is 0 Å². The summed E-state index contributed by atoms with van der Waals surface area (Å²) in [4.78, 5) is 13.1. The predicted molar refractivity (Wildman–Crippen MR) is 193 cm³/mol. The molecule has 2 N–H and O–H groups in total. The third kappa shape index (κ3) is 7.79. The summed E-state index contributed by atoms with van der Waals surface area (Å²) in [6.07, 6.45) is 0. The van der Waals surface area contributed by atoms with Crippen LogP contribution in [0.15, 0.2) is 174 Å². The van der Waals surface area contributed by atoms with Crippen molar-refractivity contribution in [3.8, 4) is 46.0 Å². The Morgan fingerprint density at radius 1 is 0.460 bits per heavy atom. The van der Waals surface area contributed by atoms with Gasteiger partial charge in [0, 0.05) is 9.21 Å². The van der Waals surface area contributed by atoms with Gasteiger partial charge in [0.15, 0.2) is 23.0 Å². The highest BCUT2D eigenvalue weighted by Gasteiger charge is 2.58. The summed E-state index contributed by atoms with van der Waals surface area (Å²) >= 11 is 0. The van der Waals surface area contributed by atoms with Gasteiger partial charge >= 0.3 is 24.6 Å². The molecular formula is C36H30N3O8P3. The second-order valence-electron chi connectivity index (χ2n) is 10.3. The van der Waals surface area contributed by atoms with E-state index in [4.69, 9.17) is 32.3 Å². The van der Waals surface area contributed by atoms with Crippen molar-refractivity contribution >= 4 is 24.6 Å². The van der Waals surface area contributed by atoms with Crippen molar-refractivity contribution in [2.24, 2.45) is 4.52 Å². The summed E-state index contributed by atoms with van der Waals surface area (Å²) in [5.74, 6) is 1.64. The fourth-order valence-corrected chi connectivity index (χ4v) is 11.9. The van der Waals surface area contributed by atoms with Crippen LogP contribution in [0.5, 0.6) is 46.0 Å². The van der Waals surface area contributed by atoms with Gasteiger partial charge < -0.3 is 38.0 Å². The van der Waals surface area contributed by atoms with Crippen molar-refractivity contribution in [3.63, 3.8) is 0 Å². The minimum absolute atomic E-state index is 0.0589. The van der Waals surface area contributed by atoms with Crippen LogP contribution in [-0.2, 0) is 0 Å². The molecule has 0 amide bonds.